The number of aryl methyl sites for hydroxylation is 1. The van der Waals surface area contributed by atoms with Crippen LogP contribution < -0.4 is 15.2 Å². The quantitative estimate of drug-likeness (QED) is 0.834. The van der Waals surface area contributed by atoms with Gasteiger partial charge in [0.25, 0.3) is 0 Å². The van der Waals surface area contributed by atoms with E-state index < -0.39 is 12.2 Å². The van der Waals surface area contributed by atoms with Crippen molar-refractivity contribution in [2.45, 2.75) is 25.7 Å². The molecule has 0 fully saturated rings. The molecule has 0 aliphatic rings. The van der Waals surface area contributed by atoms with Gasteiger partial charge in [0, 0.05) is 10.6 Å². The van der Waals surface area contributed by atoms with Crippen LogP contribution in [-0.4, -0.2) is 13.3 Å². The zero-order chi connectivity index (χ0) is 17.9. The van der Waals surface area contributed by atoms with E-state index in [9.17, 15) is 13.2 Å². The molecule has 2 rings (SSSR count). The van der Waals surface area contributed by atoms with E-state index in [2.05, 4.69) is 0 Å². The van der Waals surface area contributed by atoms with Gasteiger partial charge in [-0.2, -0.15) is 13.2 Å². The Kier molecular flexibility index (Phi) is 5.62. The highest BCUT2D eigenvalue weighted by molar-refractivity contribution is 6.31. The Morgan fingerprint density at radius 2 is 1.88 bits per heavy atom. The van der Waals surface area contributed by atoms with Gasteiger partial charge in [-0.1, -0.05) is 17.7 Å². The number of ether oxygens (including phenoxy) is 2. The number of nitrogens with two attached hydrogens (primary N) is 1. The molecule has 130 valence electrons. The molecule has 0 bridgehead atoms. The van der Waals surface area contributed by atoms with Gasteiger partial charge in [0.05, 0.1) is 7.11 Å². The molecule has 0 spiro atoms. The second kappa shape index (κ2) is 7.32. The summed E-state index contributed by atoms with van der Waals surface area (Å²) in [4.78, 5) is 0. The highest BCUT2D eigenvalue weighted by Gasteiger charge is 2.38. The van der Waals surface area contributed by atoms with E-state index >= 15 is 0 Å². The molecule has 0 unspecified atom stereocenters. The summed E-state index contributed by atoms with van der Waals surface area (Å²) in [6, 6.07) is 7.17. The second-order valence-electron chi connectivity index (χ2n) is 5.29. The molecule has 0 saturated heterocycles. The Hall–Kier alpha value is -1.92. The minimum Gasteiger partial charge on any atom is -0.496 e. The van der Waals surface area contributed by atoms with Gasteiger partial charge in [-0.05, 0) is 48.4 Å². The first-order valence-electron chi connectivity index (χ1n) is 7.10. The van der Waals surface area contributed by atoms with Gasteiger partial charge in [0.1, 0.15) is 24.1 Å². The van der Waals surface area contributed by atoms with Crippen molar-refractivity contribution < 1.29 is 22.6 Å². The highest BCUT2D eigenvalue weighted by Crippen LogP contribution is 2.33. The zero-order valence-corrected chi connectivity index (χ0v) is 13.9. The second-order valence-corrected chi connectivity index (χ2v) is 5.70. The summed E-state index contributed by atoms with van der Waals surface area (Å²) < 4.78 is 49.1. The molecular weight excluding hydrogens is 343 g/mol. The predicted octanol–water partition coefficient (Wildman–Crippen LogP) is 4.80. The molecule has 2 aromatic rings. The van der Waals surface area contributed by atoms with E-state index in [1.165, 1.54) is 25.3 Å². The van der Waals surface area contributed by atoms with Gasteiger partial charge in [0.15, 0.2) is 0 Å². The minimum atomic E-state index is -4.51. The lowest BCUT2D eigenvalue weighted by molar-refractivity contribution is -0.149. The van der Waals surface area contributed by atoms with Crippen molar-refractivity contribution in [1.82, 2.24) is 0 Å². The lowest BCUT2D eigenvalue weighted by Gasteiger charge is -2.18. The molecule has 0 saturated carbocycles. The SMILES string of the molecule is COc1ccc([C@H](N)C(F)(F)F)cc1COc1ccc(Cl)c(C)c1. The molecule has 7 heteroatoms. The summed E-state index contributed by atoms with van der Waals surface area (Å²) in [5, 5.41) is 0.609. The Morgan fingerprint density at radius 1 is 1.17 bits per heavy atom. The summed E-state index contributed by atoms with van der Waals surface area (Å²) >= 11 is 5.95. The fourth-order valence-corrected chi connectivity index (χ4v) is 2.28. The van der Waals surface area contributed by atoms with Gasteiger partial charge >= 0.3 is 6.18 Å². The Labute approximate surface area is 143 Å². The van der Waals surface area contributed by atoms with Crippen LogP contribution in [0.3, 0.4) is 0 Å². The predicted molar refractivity (Wildman–Crippen MR) is 86.5 cm³/mol. The van der Waals surface area contributed by atoms with Crippen molar-refractivity contribution >= 4 is 11.6 Å². The molecule has 2 N–H and O–H groups in total. The van der Waals surface area contributed by atoms with Crippen molar-refractivity contribution in [2.24, 2.45) is 5.73 Å². The van der Waals surface area contributed by atoms with Crippen LogP contribution in [0.15, 0.2) is 36.4 Å². The first-order valence-corrected chi connectivity index (χ1v) is 7.48. The van der Waals surface area contributed by atoms with Gasteiger partial charge in [-0.25, -0.2) is 0 Å². The van der Waals surface area contributed by atoms with Gasteiger partial charge in [0.2, 0.25) is 0 Å². The third-order valence-corrected chi connectivity index (χ3v) is 3.96. The summed E-state index contributed by atoms with van der Waals surface area (Å²) in [6.07, 6.45) is -4.51. The lowest BCUT2D eigenvalue weighted by Crippen LogP contribution is -2.28. The molecular formula is C17H17ClF3NO2. The number of hydrogen-bond acceptors (Lipinski definition) is 3. The maximum Gasteiger partial charge on any atom is 0.407 e. The molecule has 0 aliphatic heterocycles. The monoisotopic (exact) mass is 359 g/mol. The van der Waals surface area contributed by atoms with E-state index in [0.717, 1.165) is 5.56 Å². The molecule has 24 heavy (non-hydrogen) atoms. The van der Waals surface area contributed by atoms with Crippen LogP contribution in [0.1, 0.15) is 22.7 Å². The fourth-order valence-electron chi connectivity index (χ4n) is 2.16. The summed E-state index contributed by atoms with van der Waals surface area (Å²) in [7, 11) is 1.44. The molecule has 0 aliphatic carbocycles. The summed E-state index contributed by atoms with van der Waals surface area (Å²) in [5.74, 6) is 0.989. The van der Waals surface area contributed by atoms with Crippen molar-refractivity contribution in [3.05, 3.63) is 58.1 Å². The highest BCUT2D eigenvalue weighted by atomic mass is 35.5. The first kappa shape index (κ1) is 18.4. The van der Waals surface area contributed by atoms with Crippen LogP contribution in [0.4, 0.5) is 13.2 Å². The smallest absolute Gasteiger partial charge is 0.407 e. The summed E-state index contributed by atoms with van der Waals surface area (Å²) in [6.45, 7) is 1.88. The van der Waals surface area contributed by atoms with Crippen LogP contribution >= 0.6 is 11.6 Å². The van der Waals surface area contributed by atoms with Crippen molar-refractivity contribution in [3.8, 4) is 11.5 Å². The van der Waals surface area contributed by atoms with E-state index in [1.54, 1.807) is 18.2 Å². The lowest BCUT2D eigenvalue weighted by atomic mass is 10.0. The Morgan fingerprint density at radius 3 is 2.46 bits per heavy atom. The number of alkyl halides is 3. The van der Waals surface area contributed by atoms with E-state index in [-0.39, 0.29) is 12.2 Å². The van der Waals surface area contributed by atoms with Gasteiger partial charge in [-0.15, -0.1) is 0 Å². The van der Waals surface area contributed by atoms with Crippen LogP contribution in [0.5, 0.6) is 11.5 Å². The van der Waals surface area contributed by atoms with Crippen LogP contribution in [0, 0.1) is 6.92 Å². The maximum absolute atomic E-state index is 12.8. The van der Waals surface area contributed by atoms with Crippen LogP contribution in [-0.2, 0) is 6.61 Å². The van der Waals surface area contributed by atoms with Gasteiger partial charge < -0.3 is 15.2 Å². The molecule has 3 nitrogen and oxygen atoms in total. The molecule has 0 radical (unpaired) electrons. The normalized spacial score (nSPS) is 12.8. The van der Waals surface area contributed by atoms with Gasteiger partial charge in [-0.3, -0.25) is 0 Å². The number of hydrogen-bond donors (Lipinski definition) is 1. The fraction of sp³-hybridized carbons (Fsp3) is 0.294. The topological polar surface area (TPSA) is 44.5 Å². The number of rotatable bonds is 5. The zero-order valence-electron chi connectivity index (χ0n) is 13.2. The Balaban J connectivity index is 2.22. The molecule has 1 atom stereocenters. The van der Waals surface area contributed by atoms with Crippen LogP contribution in [0.25, 0.3) is 0 Å². The number of benzene rings is 2. The van der Waals surface area contributed by atoms with Crippen molar-refractivity contribution in [3.63, 3.8) is 0 Å². The van der Waals surface area contributed by atoms with E-state index in [4.69, 9.17) is 26.8 Å². The Bertz CT molecular complexity index is 719. The molecule has 0 heterocycles. The average molecular weight is 360 g/mol. The number of methoxy groups -OCH3 is 1. The number of halogens is 4. The van der Waals surface area contributed by atoms with Crippen LogP contribution in [0.2, 0.25) is 5.02 Å². The van der Waals surface area contributed by atoms with Crippen molar-refractivity contribution in [1.29, 1.82) is 0 Å². The first-order chi connectivity index (χ1) is 11.2. The van der Waals surface area contributed by atoms with Crippen molar-refractivity contribution in [2.75, 3.05) is 7.11 Å². The third-order valence-electron chi connectivity index (χ3n) is 3.54. The summed E-state index contributed by atoms with van der Waals surface area (Å²) in [5.41, 5.74) is 6.52. The standard InChI is InChI=1S/C17H17ClF3NO2/c1-10-7-13(4-5-14(10)18)24-9-12-8-11(3-6-15(12)23-2)16(22)17(19,20)21/h3-8,16H,9,22H2,1-2H3/t16-/m0/s1. The molecule has 0 aromatic heterocycles. The average Bonchev–Trinajstić information content (AvgIpc) is 2.54. The molecule has 0 amide bonds. The molecule has 2 aromatic carbocycles. The largest absolute Gasteiger partial charge is 0.496 e. The maximum atomic E-state index is 12.8. The minimum absolute atomic E-state index is 0.0443. The third kappa shape index (κ3) is 4.33. The van der Waals surface area contributed by atoms with E-state index in [1.807, 2.05) is 6.92 Å². The van der Waals surface area contributed by atoms with E-state index in [0.29, 0.717) is 22.1 Å².